The Bertz CT molecular complexity index is 444. The first kappa shape index (κ1) is 11.5. The smallest absolute Gasteiger partial charge is 0.255 e. The van der Waals surface area contributed by atoms with Crippen LogP contribution in [0.4, 0.5) is 8.78 Å². The molecule has 2 rings (SSSR count). The van der Waals surface area contributed by atoms with Gasteiger partial charge in [-0.25, -0.2) is 8.78 Å². The Morgan fingerprint density at radius 1 is 1.38 bits per heavy atom. The maximum Gasteiger partial charge on any atom is 0.255 e. The standard InChI is InChI=1S/C11H10BrF2NO/c1-6-4-15(5-6)11(16)7-2-9(13)10(14)3-8(7)12/h2-3,6H,4-5H2,1H3. The van der Waals surface area contributed by atoms with Crippen LogP contribution in [0, 0.1) is 17.6 Å². The fourth-order valence-corrected chi connectivity index (χ4v) is 2.21. The Kier molecular flexibility index (Phi) is 2.97. The van der Waals surface area contributed by atoms with E-state index >= 15 is 0 Å². The van der Waals surface area contributed by atoms with Gasteiger partial charge in [0.1, 0.15) is 0 Å². The minimum Gasteiger partial charge on any atom is -0.338 e. The lowest BCUT2D eigenvalue weighted by Crippen LogP contribution is -2.48. The Hall–Kier alpha value is -0.970. The van der Waals surface area contributed by atoms with Crippen LogP contribution < -0.4 is 0 Å². The minimum absolute atomic E-state index is 0.172. The predicted octanol–water partition coefficient (Wildman–Crippen LogP) is 2.82. The number of likely N-dealkylation sites (tertiary alicyclic amines) is 1. The monoisotopic (exact) mass is 289 g/mol. The lowest BCUT2D eigenvalue weighted by atomic mass is 10.0. The Balaban J connectivity index is 2.27. The maximum atomic E-state index is 13.0. The summed E-state index contributed by atoms with van der Waals surface area (Å²) < 4.78 is 26.2. The number of benzene rings is 1. The number of halogens is 3. The molecule has 2 nitrogen and oxygen atoms in total. The highest BCUT2D eigenvalue weighted by Crippen LogP contribution is 2.25. The third-order valence-corrected chi connectivity index (χ3v) is 3.25. The SMILES string of the molecule is CC1CN(C(=O)c2cc(F)c(F)cc2Br)C1. The second kappa shape index (κ2) is 4.13. The highest BCUT2D eigenvalue weighted by atomic mass is 79.9. The summed E-state index contributed by atoms with van der Waals surface area (Å²) in [7, 11) is 0. The molecule has 1 aliphatic heterocycles. The third kappa shape index (κ3) is 1.96. The Morgan fingerprint density at radius 3 is 2.50 bits per heavy atom. The molecule has 5 heteroatoms. The van der Waals surface area contributed by atoms with Gasteiger partial charge in [0, 0.05) is 17.6 Å². The molecule has 1 heterocycles. The van der Waals surface area contributed by atoms with Gasteiger partial charge in [0.25, 0.3) is 5.91 Å². The van der Waals surface area contributed by atoms with Gasteiger partial charge in [-0.2, -0.15) is 0 Å². The summed E-state index contributed by atoms with van der Waals surface area (Å²) in [5, 5.41) is 0. The first-order valence-corrected chi connectivity index (χ1v) is 5.72. The molecule has 0 bridgehead atoms. The van der Waals surface area contributed by atoms with Crippen molar-refractivity contribution in [3.63, 3.8) is 0 Å². The summed E-state index contributed by atoms with van der Waals surface area (Å²) in [6.07, 6.45) is 0. The van der Waals surface area contributed by atoms with Crippen molar-refractivity contribution in [2.24, 2.45) is 5.92 Å². The predicted molar refractivity (Wildman–Crippen MR) is 59.1 cm³/mol. The van der Waals surface area contributed by atoms with E-state index in [9.17, 15) is 13.6 Å². The topological polar surface area (TPSA) is 20.3 Å². The van der Waals surface area contributed by atoms with Crippen LogP contribution in [0.3, 0.4) is 0 Å². The van der Waals surface area contributed by atoms with Crippen molar-refractivity contribution < 1.29 is 13.6 Å². The van der Waals surface area contributed by atoms with Gasteiger partial charge in [0.05, 0.1) is 5.56 Å². The van der Waals surface area contributed by atoms with Crippen molar-refractivity contribution in [3.8, 4) is 0 Å². The van der Waals surface area contributed by atoms with Crippen LogP contribution in [0.15, 0.2) is 16.6 Å². The van der Waals surface area contributed by atoms with E-state index < -0.39 is 11.6 Å². The lowest BCUT2D eigenvalue weighted by Gasteiger charge is -2.37. The lowest BCUT2D eigenvalue weighted by molar-refractivity contribution is 0.0529. The number of nitrogens with zero attached hydrogens (tertiary/aromatic N) is 1. The molecule has 1 aromatic rings. The molecule has 0 N–H and O–H groups in total. The molecular formula is C11H10BrF2NO. The molecule has 86 valence electrons. The zero-order valence-electron chi connectivity index (χ0n) is 8.64. The van der Waals surface area contributed by atoms with E-state index in [-0.39, 0.29) is 15.9 Å². The number of hydrogen-bond acceptors (Lipinski definition) is 1. The number of hydrogen-bond donors (Lipinski definition) is 0. The summed E-state index contributed by atoms with van der Waals surface area (Å²) in [6, 6.07) is 1.91. The van der Waals surface area contributed by atoms with Crippen LogP contribution in [0.2, 0.25) is 0 Å². The Morgan fingerprint density at radius 2 is 1.94 bits per heavy atom. The van der Waals surface area contributed by atoms with E-state index in [4.69, 9.17) is 0 Å². The molecular weight excluding hydrogens is 280 g/mol. The minimum atomic E-state index is -1.000. The van der Waals surface area contributed by atoms with Crippen molar-refractivity contribution in [1.29, 1.82) is 0 Å². The molecule has 16 heavy (non-hydrogen) atoms. The molecule has 0 aromatic heterocycles. The van der Waals surface area contributed by atoms with E-state index in [0.717, 1.165) is 12.1 Å². The highest BCUT2D eigenvalue weighted by molar-refractivity contribution is 9.10. The summed E-state index contributed by atoms with van der Waals surface area (Å²) in [5.74, 6) is -1.74. The van der Waals surface area contributed by atoms with Crippen LogP contribution in [0.25, 0.3) is 0 Å². The first-order valence-electron chi connectivity index (χ1n) is 4.93. The molecule has 0 atom stereocenters. The Labute approximate surface area is 100 Å². The molecule has 1 aromatic carbocycles. The van der Waals surface area contributed by atoms with Crippen LogP contribution in [0.1, 0.15) is 17.3 Å². The van der Waals surface area contributed by atoms with Crippen LogP contribution in [-0.4, -0.2) is 23.9 Å². The molecule has 1 aliphatic rings. The summed E-state index contributed by atoms with van der Waals surface area (Å²) in [5.41, 5.74) is 0.172. The normalized spacial score (nSPS) is 16.1. The van der Waals surface area contributed by atoms with Gasteiger partial charge < -0.3 is 4.90 Å². The zero-order chi connectivity index (χ0) is 11.9. The number of rotatable bonds is 1. The molecule has 0 aliphatic carbocycles. The number of carbonyl (C=O) groups is 1. The average Bonchev–Trinajstić information content (AvgIpc) is 2.18. The van der Waals surface area contributed by atoms with Gasteiger partial charge in [0.15, 0.2) is 11.6 Å². The van der Waals surface area contributed by atoms with E-state index in [1.165, 1.54) is 0 Å². The second-order valence-corrected chi connectivity index (χ2v) is 4.92. The maximum absolute atomic E-state index is 13.0. The quantitative estimate of drug-likeness (QED) is 0.728. The first-order chi connectivity index (χ1) is 7.49. The molecule has 0 spiro atoms. The number of amides is 1. The van der Waals surface area contributed by atoms with E-state index in [0.29, 0.717) is 19.0 Å². The molecule has 1 saturated heterocycles. The average molecular weight is 290 g/mol. The molecule has 0 saturated carbocycles. The van der Waals surface area contributed by atoms with Gasteiger partial charge in [-0.15, -0.1) is 0 Å². The van der Waals surface area contributed by atoms with Gasteiger partial charge in [-0.1, -0.05) is 6.92 Å². The van der Waals surface area contributed by atoms with Gasteiger partial charge in [0.2, 0.25) is 0 Å². The van der Waals surface area contributed by atoms with Gasteiger partial charge in [-0.3, -0.25) is 4.79 Å². The van der Waals surface area contributed by atoms with E-state index in [2.05, 4.69) is 15.9 Å². The fraction of sp³-hybridized carbons (Fsp3) is 0.364. The van der Waals surface area contributed by atoms with Crippen LogP contribution in [0.5, 0.6) is 0 Å². The van der Waals surface area contributed by atoms with E-state index in [1.807, 2.05) is 6.92 Å². The summed E-state index contributed by atoms with van der Waals surface area (Å²) >= 11 is 3.06. The third-order valence-electron chi connectivity index (χ3n) is 2.59. The molecule has 1 amide bonds. The molecule has 0 radical (unpaired) electrons. The second-order valence-electron chi connectivity index (χ2n) is 4.06. The van der Waals surface area contributed by atoms with Crippen molar-refractivity contribution >= 4 is 21.8 Å². The van der Waals surface area contributed by atoms with Crippen LogP contribution >= 0.6 is 15.9 Å². The van der Waals surface area contributed by atoms with E-state index in [1.54, 1.807) is 4.90 Å². The van der Waals surface area contributed by atoms with Gasteiger partial charge >= 0.3 is 0 Å². The number of carbonyl (C=O) groups excluding carboxylic acids is 1. The fourth-order valence-electron chi connectivity index (χ4n) is 1.72. The van der Waals surface area contributed by atoms with Crippen molar-refractivity contribution in [1.82, 2.24) is 4.90 Å². The zero-order valence-corrected chi connectivity index (χ0v) is 10.2. The summed E-state index contributed by atoms with van der Waals surface area (Å²) in [4.78, 5) is 13.5. The highest BCUT2D eigenvalue weighted by Gasteiger charge is 2.29. The molecule has 1 fully saturated rings. The summed E-state index contributed by atoms with van der Waals surface area (Å²) in [6.45, 7) is 3.37. The van der Waals surface area contributed by atoms with Gasteiger partial charge in [-0.05, 0) is 34.0 Å². The van der Waals surface area contributed by atoms with Crippen molar-refractivity contribution in [2.45, 2.75) is 6.92 Å². The van der Waals surface area contributed by atoms with Crippen molar-refractivity contribution in [2.75, 3.05) is 13.1 Å². The van der Waals surface area contributed by atoms with Crippen molar-refractivity contribution in [3.05, 3.63) is 33.8 Å². The van der Waals surface area contributed by atoms with Crippen LogP contribution in [-0.2, 0) is 0 Å². The molecule has 0 unspecified atom stereocenters. The largest absolute Gasteiger partial charge is 0.338 e.